The van der Waals surface area contributed by atoms with Crippen LogP contribution in [-0.4, -0.2) is 35.0 Å². The second-order valence-electron chi connectivity index (χ2n) is 3.60. The molecule has 0 radical (unpaired) electrons. The number of benzene rings is 1. The number of nitrogens with two attached hydrogens (primary N) is 1. The molecule has 0 aromatic heterocycles. The van der Waals surface area contributed by atoms with Crippen LogP contribution in [0.4, 0.5) is 0 Å². The van der Waals surface area contributed by atoms with Crippen LogP contribution in [-0.2, 0) is 11.2 Å². The highest BCUT2D eigenvalue weighted by Crippen LogP contribution is 2.34. The number of carboxylic acid groups (broad SMARTS) is 1. The lowest BCUT2D eigenvalue weighted by Crippen LogP contribution is -2.15. The molecule has 0 saturated heterocycles. The van der Waals surface area contributed by atoms with Crippen molar-refractivity contribution in [3.63, 3.8) is 0 Å². The van der Waals surface area contributed by atoms with E-state index in [9.17, 15) is 9.90 Å². The number of carboxylic acids is 1. The molecule has 0 amide bonds. The first kappa shape index (κ1) is 13.3. The van der Waals surface area contributed by atoms with Crippen molar-refractivity contribution < 1.29 is 24.9 Å². The minimum absolute atomic E-state index is 0.141. The third kappa shape index (κ3) is 3.08. The molecule has 1 aromatic carbocycles. The number of ether oxygens (including phenoxy) is 1. The third-order valence-electron chi connectivity index (χ3n) is 2.34. The second-order valence-corrected chi connectivity index (χ2v) is 3.60. The molecule has 0 aliphatic carbocycles. The molecule has 0 heterocycles. The van der Waals surface area contributed by atoms with Gasteiger partial charge in [0.25, 0.3) is 0 Å². The van der Waals surface area contributed by atoms with Crippen molar-refractivity contribution in [2.75, 3.05) is 13.7 Å². The van der Waals surface area contributed by atoms with Crippen molar-refractivity contribution in [2.24, 2.45) is 5.73 Å². The first-order valence-corrected chi connectivity index (χ1v) is 4.97. The Morgan fingerprint density at radius 3 is 2.65 bits per heavy atom. The maximum absolute atomic E-state index is 10.6. The molecule has 1 atom stereocenters. The van der Waals surface area contributed by atoms with E-state index in [1.807, 2.05) is 0 Å². The minimum atomic E-state index is -0.999. The van der Waals surface area contributed by atoms with E-state index >= 15 is 0 Å². The zero-order chi connectivity index (χ0) is 13.0. The van der Waals surface area contributed by atoms with E-state index in [1.165, 1.54) is 19.2 Å². The largest absolute Gasteiger partial charge is 0.504 e. The summed E-state index contributed by atoms with van der Waals surface area (Å²) in [5.74, 6) is -1.04. The summed E-state index contributed by atoms with van der Waals surface area (Å²) in [5.41, 5.74) is 6.32. The Labute approximate surface area is 98.3 Å². The predicted octanol–water partition coefficient (Wildman–Crippen LogP) is 0.0200. The number of phenols is 1. The smallest absolute Gasteiger partial charge is 0.307 e. The monoisotopic (exact) mass is 241 g/mol. The molecule has 1 rings (SSSR count). The molecule has 0 unspecified atom stereocenters. The number of hydrogen-bond donors (Lipinski definition) is 4. The lowest BCUT2D eigenvalue weighted by molar-refractivity contribution is -0.136. The number of aliphatic hydroxyl groups is 1. The fourth-order valence-corrected chi connectivity index (χ4v) is 1.50. The summed E-state index contributed by atoms with van der Waals surface area (Å²) in [6.07, 6.45) is -0.207. The van der Waals surface area contributed by atoms with Crippen LogP contribution in [0.5, 0.6) is 11.5 Å². The lowest BCUT2D eigenvalue weighted by Gasteiger charge is -2.15. The molecule has 0 aliphatic heterocycles. The molecule has 17 heavy (non-hydrogen) atoms. The molecule has 6 heteroatoms. The molecule has 94 valence electrons. The van der Waals surface area contributed by atoms with Gasteiger partial charge in [-0.25, -0.2) is 0 Å². The Bertz CT molecular complexity index is 419. The van der Waals surface area contributed by atoms with Crippen LogP contribution in [0, 0.1) is 0 Å². The first-order chi connectivity index (χ1) is 7.99. The first-order valence-electron chi connectivity index (χ1n) is 4.97. The Morgan fingerprint density at radius 2 is 2.18 bits per heavy atom. The zero-order valence-corrected chi connectivity index (χ0v) is 9.38. The van der Waals surface area contributed by atoms with Crippen molar-refractivity contribution in [3.8, 4) is 11.5 Å². The quantitative estimate of drug-likeness (QED) is 0.578. The van der Waals surface area contributed by atoms with Gasteiger partial charge in [0.1, 0.15) is 0 Å². The average Bonchev–Trinajstić information content (AvgIpc) is 2.29. The molecular formula is C11H15NO5. The van der Waals surface area contributed by atoms with Crippen LogP contribution in [0.2, 0.25) is 0 Å². The fraction of sp³-hybridized carbons (Fsp3) is 0.364. The van der Waals surface area contributed by atoms with Crippen LogP contribution in [0.1, 0.15) is 17.2 Å². The second kappa shape index (κ2) is 5.51. The number of rotatable bonds is 5. The summed E-state index contributed by atoms with van der Waals surface area (Å²) in [5, 5.41) is 27.4. The Hall–Kier alpha value is -1.79. The summed E-state index contributed by atoms with van der Waals surface area (Å²) in [6.45, 7) is -0.354. The number of phenolic OH excluding ortho intramolecular Hbond substituents is 1. The normalized spacial score (nSPS) is 12.2. The van der Waals surface area contributed by atoms with E-state index in [1.54, 1.807) is 0 Å². The van der Waals surface area contributed by atoms with E-state index in [2.05, 4.69) is 0 Å². The van der Waals surface area contributed by atoms with E-state index in [0.717, 1.165) is 0 Å². The lowest BCUT2D eigenvalue weighted by atomic mass is 10.0. The summed E-state index contributed by atoms with van der Waals surface area (Å²) < 4.78 is 4.92. The molecule has 5 N–H and O–H groups in total. The topological polar surface area (TPSA) is 113 Å². The highest BCUT2D eigenvalue weighted by Gasteiger charge is 2.16. The van der Waals surface area contributed by atoms with Crippen LogP contribution in [0.25, 0.3) is 0 Å². The molecule has 0 fully saturated rings. The van der Waals surface area contributed by atoms with Crippen molar-refractivity contribution in [1.82, 2.24) is 0 Å². The highest BCUT2D eigenvalue weighted by atomic mass is 16.5. The van der Waals surface area contributed by atoms with Gasteiger partial charge in [-0.15, -0.1) is 0 Å². The highest BCUT2D eigenvalue weighted by molar-refractivity contribution is 5.71. The van der Waals surface area contributed by atoms with Gasteiger partial charge in [-0.1, -0.05) is 0 Å². The summed E-state index contributed by atoms with van der Waals surface area (Å²) in [7, 11) is 1.36. The van der Waals surface area contributed by atoms with Gasteiger partial charge in [0.05, 0.1) is 26.2 Å². The van der Waals surface area contributed by atoms with Crippen molar-refractivity contribution in [2.45, 2.75) is 12.5 Å². The Kier molecular flexibility index (Phi) is 4.30. The standard InChI is InChI=1S/C11H15NO5/c1-17-9-3-6(4-10(14)15)2-7(11(9)16)8(12)5-13/h2-3,8,13,16H,4-5,12H2,1H3,(H,14,15)/t8-/m0/s1. The number of aliphatic hydroxyl groups excluding tert-OH is 1. The molecule has 1 aromatic rings. The number of aliphatic carboxylic acids is 1. The molecule has 0 spiro atoms. The Morgan fingerprint density at radius 1 is 1.53 bits per heavy atom. The van der Waals surface area contributed by atoms with Crippen LogP contribution < -0.4 is 10.5 Å². The average molecular weight is 241 g/mol. The fourth-order valence-electron chi connectivity index (χ4n) is 1.50. The summed E-state index contributed by atoms with van der Waals surface area (Å²) >= 11 is 0. The SMILES string of the molecule is COc1cc(CC(=O)O)cc([C@@H](N)CO)c1O. The van der Waals surface area contributed by atoms with E-state index in [4.69, 9.17) is 20.7 Å². The van der Waals surface area contributed by atoms with Gasteiger partial charge in [0.15, 0.2) is 11.5 Å². The van der Waals surface area contributed by atoms with E-state index in [-0.39, 0.29) is 30.1 Å². The number of methoxy groups -OCH3 is 1. The van der Waals surface area contributed by atoms with Gasteiger partial charge in [0.2, 0.25) is 0 Å². The maximum atomic E-state index is 10.6. The zero-order valence-electron chi connectivity index (χ0n) is 9.38. The minimum Gasteiger partial charge on any atom is -0.504 e. The van der Waals surface area contributed by atoms with Crippen LogP contribution in [0.15, 0.2) is 12.1 Å². The van der Waals surface area contributed by atoms with Gasteiger partial charge in [-0.05, 0) is 17.7 Å². The number of carbonyl (C=O) groups is 1. The van der Waals surface area contributed by atoms with Crippen LogP contribution in [0.3, 0.4) is 0 Å². The summed E-state index contributed by atoms with van der Waals surface area (Å²) in [4.78, 5) is 10.6. The maximum Gasteiger partial charge on any atom is 0.307 e. The molecular weight excluding hydrogens is 226 g/mol. The van der Waals surface area contributed by atoms with Gasteiger partial charge in [-0.2, -0.15) is 0 Å². The predicted molar refractivity (Wildman–Crippen MR) is 60.0 cm³/mol. The van der Waals surface area contributed by atoms with E-state index in [0.29, 0.717) is 5.56 Å². The van der Waals surface area contributed by atoms with Gasteiger partial charge in [0, 0.05) is 5.56 Å². The molecule has 0 aliphatic rings. The molecule has 0 bridgehead atoms. The summed E-state index contributed by atoms with van der Waals surface area (Å²) in [6, 6.07) is 2.10. The van der Waals surface area contributed by atoms with Crippen molar-refractivity contribution >= 4 is 5.97 Å². The Balaban J connectivity index is 3.22. The van der Waals surface area contributed by atoms with Gasteiger partial charge in [-0.3, -0.25) is 4.79 Å². The van der Waals surface area contributed by atoms with E-state index < -0.39 is 12.0 Å². The number of aromatic hydroxyl groups is 1. The van der Waals surface area contributed by atoms with Crippen molar-refractivity contribution in [3.05, 3.63) is 23.3 Å². The number of hydrogen-bond acceptors (Lipinski definition) is 5. The van der Waals surface area contributed by atoms with Gasteiger partial charge < -0.3 is 25.8 Å². The third-order valence-corrected chi connectivity index (χ3v) is 2.34. The van der Waals surface area contributed by atoms with Crippen molar-refractivity contribution in [1.29, 1.82) is 0 Å². The van der Waals surface area contributed by atoms with Gasteiger partial charge >= 0.3 is 5.97 Å². The molecule has 0 saturated carbocycles. The van der Waals surface area contributed by atoms with Crippen LogP contribution >= 0.6 is 0 Å². The molecule has 6 nitrogen and oxygen atoms in total.